The first-order valence-corrected chi connectivity index (χ1v) is 12.5. The number of hydrogen-bond donors (Lipinski definition) is 1. The van der Waals surface area contributed by atoms with Crippen molar-refractivity contribution >= 4 is 40.5 Å². The molecule has 0 unspecified atom stereocenters. The first-order valence-electron chi connectivity index (χ1n) is 12.2. The van der Waals surface area contributed by atoms with Gasteiger partial charge in [0.25, 0.3) is 5.91 Å². The molecule has 5 aromatic rings. The summed E-state index contributed by atoms with van der Waals surface area (Å²) in [6.45, 7) is 0.326. The van der Waals surface area contributed by atoms with E-state index in [1.807, 2.05) is 60.7 Å². The molecule has 0 atom stereocenters. The molecular formula is C32H23ClN2O4. The number of hydrogen-bond acceptors (Lipinski definition) is 5. The van der Waals surface area contributed by atoms with Crippen molar-refractivity contribution in [3.8, 4) is 11.5 Å². The second-order valence-electron chi connectivity index (χ2n) is 8.56. The Balaban J connectivity index is 1.36. The summed E-state index contributed by atoms with van der Waals surface area (Å²) in [7, 11) is 0. The highest BCUT2D eigenvalue weighted by Crippen LogP contribution is 2.28. The normalized spacial score (nSPS) is 10.9. The number of esters is 1. The largest absolute Gasteiger partial charge is 0.488 e. The van der Waals surface area contributed by atoms with E-state index in [9.17, 15) is 9.59 Å². The van der Waals surface area contributed by atoms with E-state index < -0.39 is 11.9 Å². The molecule has 0 aliphatic rings. The highest BCUT2D eigenvalue weighted by atomic mass is 35.5. The molecule has 5 rings (SSSR count). The van der Waals surface area contributed by atoms with E-state index in [4.69, 9.17) is 21.1 Å². The van der Waals surface area contributed by atoms with Crippen molar-refractivity contribution in [2.75, 3.05) is 0 Å². The van der Waals surface area contributed by atoms with Gasteiger partial charge in [0, 0.05) is 10.6 Å². The molecule has 0 spiro atoms. The molecule has 0 bridgehead atoms. The van der Waals surface area contributed by atoms with Crippen molar-refractivity contribution in [2.24, 2.45) is 5.10 Å². The maximum atomic E-state index is 13.0. The van der Waals surface area contributed by atoms with Gasteiger partial charge in [-0.25, -0.2) is 10.2 Å². The summed E-state index contributed by atoms with van der Waals surface area (Å²) in [5, 5.41) is 6.45. The van der Waals surface area contributed by atoms with Crippen LogP contribution in [-0.2, 0) is 6.61 Å². The minimum absolute atomic E-state index is 0.304. The molecule has 0 fully saturated rings. The lowest BCUT2D eigenvalue weighted by Crippen LogP contribution is -2.19. The zero-order valence-corrected chi connectivity index (χ0v) is 21.5. The van der Waals surface area contributed by atoms with Gasteiger partial charge in [0.05, 0.1) is 17.3 Å². The maximum Gasteiger partial charge on any atom is 0.343 e. The Hall–Kier alpha value is -4.94. The minimum Gasteiger partial charge on any atom is -0.488 e. The highest BCUT2D eigenvalue weighted by Gasteiger charge is 2.15. The lowest BCUT2D eigenvalue weighted by Gasteiger charge is -2.11. The Labute approximate surface area is 230 Å². The van der Waals surface area contributed by atoms with E-state index in [1.54, 1.807) is 54.6 Å². The summed E-state index contributed by atoms with van der Waals surface area (Å²) in [5.41, 5.74) is 4.80. The van der Waals surface area contributed by atoms with Crippen LogP contribution in [0.15, 0.2) is 120 Å². The molecule has 0 saturated carbocycles. The first-order chi connectivity index (χ1) is 19.1. The summed E-state index contributed by atoms with van der Waals surface area (Å²) in [6.07, 6.45) is 1.47. The van der Waals surface area contributed by atoms with Gasteiger partial charge in [0.1, 0.15) is 18.1 Å². The van der Waals surface area contributed by atoms with E-state index in [0.29, 0.717) is 39.8 Å². The third kappa shape index (κ3) is 6.32. The van der Waals surface area contributed by atoms with Crippen molar-refractivity contribution in [1.29, 1.82) is 0 Å². The Morgan fingerprint density at radius 3 is 2.31 bits per heavy atom. The standard InChI is InChI=1S/C32H23ClN2O4/c33-25-17-14-24(15-18-25)32(37)39-30-19-16-23-10-4-5-11-26(23)28(30)20-34-35-31(36)27-12-6-7-13-29(27)38-21-22-8-2-1-3-9-22/h1-20H,21H2,(H,35,36)/b34-20-. The lowest BCUT2D eigenvalue weighted by molar-refractivity contribution is 0.0734. The Kier molecular flexibility index (Phi) is 7.95. The number of carbonyl (C=O) groups is 2. The van der Waals surface area contributed by atoms with Crippen LogP contribution in [0.3, 0.4) is 0 Å². The summed E-state index contributed by atoms with van der Waals surface area (Å²) < 4.78 is 11.6. The molecule has 0 aliphatic heterocycles. The molecule has 6 nitrogen and oxygen atoms in total. The van der Waals surface area contributed by atoms with Gasteiger partial charge in [-0.05, 0) is 58.8 Å². The first kappa shape index (κ1) is 25.7. The molecule has 7 heteroatoms. The highest BCUT2D eigenvalue weighted by molar-refractivity contribution is 6.30. The van der Waals surface area contributed by atoms with Gasteiger partial charge in [-0.3, -0.25) is 4.79 Å². The molecule has 0 aromatic heterocycles. The van der Waals surface area contributed by atoms with Crippen LogP contribution in [0.1, 0.15) is 31.8 Å². The zero-order valence-electron chi connectivity index (χ0n) is 20.7. The number of carbonyl (C=O) groups excluding carboxylic acids is 2. The number of ether oxygens (including phenoxy) is 2. The quantitative estimate of drug-likeness (QED) is 0.100. The number of halogens is 1. The number of para-hydroxylation sites is 1. The summed E-state index contributed by atoms with van der Waals surface area (Å²) >= 11 is 5.94. The van der Waals surface area contributed by atoms with Crippen LogP contribution >= 0.6 is 11.6 Å². The average Bonchev–Trinajstić information content (AvgIpc) is 2.98. The number of rotatable bonds is 8. The molecule has 0 aliphatic carbocycles. The predicted molar refractivity (Wildman–Crippen MR) is 153 cm³/mol. The van der Waals surface area contributed by atoms with Crippen molar-refractivity contribution < 1.29 is 19.1 Å². The van der Waals surface area contributed by atoms with Gasteiger partial charge in [-0.1, -0.05) is 84.4 Å². The van der Waals surface area contributed by atoms with Crippen molar-refractivity contribution in [1.82, 2.24) is 5.43 Å². The number of amides is 1. The van der Waals surface area contributed by atoms with Crippen LogP contribution in [0.25, 0.3) is 10.8 Å². The summed E-state index contributed by atoms with van der Waals surface area (Å²) in [5.74, 6) is -0.227. The van der Waals surface area contributed by atoms with Crippen LogP contribution in [0, 0.1) is 0 Å². The Bertz CT molecular complexity index is 1650. The third-order valence-corrected chi connectivity index (χ3v) is 6.19. The lowest BCUT2D eigenvalue weighted by atomic mass is 10.0. The molecule has 39 heavy (non-hydrogen) atoms. The number of benzene rings is 5. The monoisotopic (exact) mass is 534 g/mol. The molecule has 1 N–H and O–H groups in total. The molecular weight excluding hydrogens is 512 g/mol. The number of hydrazone groups is 1. The number of nitrogens with one attached hydrogen (secondary N) is 1. The summed E-state index contributed by atoms with van der Waals surface area (Å²) in [4.78, 5) is 25.8. The molecule has 0 radical (unpaired) electrons. The van der Waals surface area contributed by atoms with Crippen molar-refractivity contribution in [3.05, 3.63) is 143 Å². The smallest absolute Gasteiger partial charge is 0.343 e. The van der Waals surface area contributed by atoms with E-state index in [0.717, 1.165) is 16.3 Å². The maximum absolute atomic E-state index is 13.0. The van der Waals surface area contributed by atoms with Crippen LogP contribution in [0.2, 0.25) is 5.02 Å². The zero-order chi connectivity index (χ0) is 27.0. The minimum atomic E-state index is -0.537. The van der Waals surface area contributed by atoms with E-state index >= 15 is 0 Å². The van der Waals surface area contributed by atoms with Crippen molar-refractivity contribution in [3.63, 3.8) is 0 Å². The average molecular weight is 535 g/mol. The topological polar surface area (TPSA) is 77.0 Å². The van der Waals surface area contributed by atoms with Gasteiger partial charge in [0.15, 0.2) is 0 Å². The third-order valence-electron chi connectivity index (χ3n) is 5.94. The van der Waals surface area contributed by atoms with Crippen LogP contribution in [0.5, 0.6) is 11.5 Å². The van der Waals surface area contributed by atoms with Gasteiger partial charge >= 0.3 is 5.97 Å². The van der Waals surface area contributed by atoms with Crippen LogP contribution in [-0.4, -0.2) is 18.1 Å². The van der Waals surface area contributed by atoms with Crippen LogP contribution < -0.4 is 14.9 Å². The SMILES string of the molecule is O=C(Oc1ccc2ccccc2c1/C=N\NC(=O)c1ccccc1OCc1ccccc1)c1ccc(Cl)cc1. The summed E-state index contributed by atoms with van der Waals surface area (Å²) in [6, 6.07) is 34.3. The van der Waals surface area contributed by atoms with Crippen molar-refractivity contribution in [2.45, 2.75) is 6.61 Å². The van der Waals surface area contributed by atoms with E-state index in [-0.39, 0.29) is 0 Å². The number of fused-ring (bicyclic) bond motifs is 1. The number of nitrogens with zero attached hydrogens (tertiary/aromatic N) is 1. The van der Waals surface area contributed by atoms with Gasteiger partial charge in [-0.2, -0.15) is 5.10 Å². The molecule has 0 saturated heterocycles. The fourth-order valence-corrected chi connectivity index (χ4v) is 4.10. The Morgan fingerprint density at radius 1 is 0.769 bits per heavy atom. The second-order valence-corrected chi connectivity index (χ2v) is 9.00. The van der Waals surface area contributed by atoms with Gasteiger partial charge < -0.3 is 9.47 Å². The fraction of sp³-hybridized carbons (Fsp3) is 0.0312. The Morgan fingerprint density at radius 2 is 1.49 bits per heavy atom. The van der Waals surface area contributed by atoms with Gasteiger partial charge in [-0.15, -0.1) is 0 Å². The molecule has 1 amide bonds. The second kappa shape index (κ2) is 12.1. The molecule has 5 aromatic carbocycles. The van der Waals surface area contributed by atoms with E-state index in [1.165, 1.54) is 6.21 Å². The van der Waals surface area contributed by atoms with Crippen LogP contribution in [0.4, 0.5) is 0 Å². The van der Waals surface area contributed by atoms with Gasteiger partial charge in [0.2, 0.25) is 0 Å². The molecule has 0 heterocycles. The van der Waals surface area contributed by atoms with E-state index in [2.05, 4.69) is 10.5 Å². The fourth-order valence-electron chi connectivity index (χ4n) is 3.97. The molecule has 192 valence electrons. The predicted octanol–water partition coefficient (Wildman–Crippen LogP) is 7.06.